The van der Waals surface area contributed by atoms with Gasteiger partial charge in [-0.3, -0.25) is 0 Å². The number of rotatable bonds is 9. The van der Waals surface area contributed by atoms with Crippen LogP contribution >= 0.6 is 0 Å². The van der Waals surface area contributed by atoms with E-state index in [9.17, 15) is 0 Å². The maximum Gasteiger partial charge on any atom is 0.0347 e. The van der Waals surface area contributed by atoms with E-state index in [1.165, 1.54) is 86.2 Å². The summed E-state index contributed by atoms with van der Waals surface area (Å²) >= 11 is 0. The SMILES string of the molecule is CC(C)(C)c1cc(C(C)(C)C)cc(C(C)(C)C)c1.CC(C)(C)c1ccccc1-c1ccccc1.Cc1cccc(C)c1C(C)(C)C.[2H]C(C)(C)c1cccc(C(C)(C)C)c1C(C)(C)C.[2H]C(C)(C)c1ccccc1C(C)(C)C.[2H]C([2H])(C)c1cccc(C([2H])([2H])C)c1C(C)(C)C.[2H]C([2H])([2H])c1cc(C)c(C(C)(C)C)c(C)c1.[2H]C([2H])(c1cccc(C([2H])([2H])C(C)C)c1C(C)(C)C)C(C)C. The van der Waals surface area contributed by atoms with E-state index < -0.39 is 44.1 Å². The van der Waals surface area contributed by atoms with E-state index in [0.717, 1.165) is 33.4 Å². The first-order valence-corrected chi connectivity index (χ1v) is 45.1. The van der Waals surface area contributed by atoms with Crippen LogP contribution in [-0.4, -0.2) is 0 Å². The lowest BCUT2D eigenvalue weighted by atomic mass is 9.71. The van der Waals surface area contributed by atoms with Gasteiger partial charge in [-0.15, -0.1) is 0 Å². The summed E-state index contributed by atoms with van der Waals surface area (Å²) in [6.45, 7) is 97.5. The van der Waals surface area contributed by atoms with Crippen molar-refractivity contribution in [2.24, 2.45) is 11.8 Å². The Labute approximate surface area is 770 Å². The van der Waals surface area contributed by atoms with Crippen molar-refractivity contribution in [3.8, 4) is 11.1 Å². The normalized spacial score (nSPS) is 14.7. The molecule has 0 aromatic heterocycles. The molecule has 0 atom stereocenters. The summed E-state index contributed by atoms with van der Waals surface area (Å²) in [7, 11) is 0. The quantitative estimate of drug-likeness (QED) is 0.135. The van der Waals surface area contributed by atoms with Gasteiger partial charge in [0.15, 0.2) is 0 Å². The van der Waals surface area contributed by atoms with Crippen LogP contribution < -0.4 is 0 Å². The van der Waals surface area contributed by atoms with Crippen molar-refractivity contribution in [2.75, 3.05) is 0 Å². The van der Waals surface area contributed by atoms with Gasteiger partial charge in [-0.1, -0.05) is 485 Å². The molecule has 9 aromatic carbocycles. The van der Waals surface area contributed by atoms with Gasteiger partial charge in [0.05, 0.1) is 0 Å². The molecule has 0 aliphatic carbocycles. The molecule has 0 fully saturated rings. The molecule has 9 rings (SSSR count). The van der Waals surface area contributed by atoms with Crippen molar-refractivity contribution >= 4 is 0 Å². The first kappa shape index (κ1) is 88.8. The fourth-order valence-electron chi connectivity index (χ4n) is 16.1. The van der Waals surface area contributed by atoms with Gasteiger partial charge in [0.1, 0.15) is 0 Å². The molecule has 0 radical (unpaired) electrons. The van der Waals surface area contributed by atoms with Crippen molar-refractivity contribution in [1.29, 1.82) is 0 Å². The van der Waals surface area contributed by atoms with Crippen LogP contribution in [0.15, 0.2) is 182 Å². The molecule has 0 unspecified atom stereocenters. The number of hydrogen-bond acceptors (Lipinski definition) is 0. The molecule has 0 bridgehead atoms. The Morgan fingerprint density at radius 1 is 0.264 bits per heavy atom. The van der Waals surface area contributed by atoms with E-state index in [4.69, 9.17) is 17.8 Å². The minimum atomic E-state index is -2.01. The van der Waals surface area contributed by atoms with E-state index in [1.807, 2.05) is 129 Å². The largest absolute Gasteiger partial charge is 0.0625 e. The van der Waals surface area contributed by atoms with Crippen LogP contribution in [0.5, 0.6) is 0 Å². The Hall–Kier alpha value is -7.02. The van der Waals surface area contributed by atoms with Gasteiger partial charge < -0.3 is 0 Å². The van der Waals surface area contributed by atoms with Crippen molar-refractivity contribution in [2.45, 2.75) is 429 Å². The molecule has 0 spiro atoms. The zero-order valence-electron chi connectivity index (χ0n) is 99.5. The highest BCUT2D eigenvalue weighted by Crippen LogP contribution is 2.42. The Balaban J connectivity index is 0.000000520. The Bertz CT molecular complexity index is 4860. The van der Waals surface area contributed by atoms with Crippen molar-refractivity contribution < 1.29 is 17.8 Å². The highest BCUT2D eigenvalue weighted by molar-refractivity contribution is 5.68. The van der Waals surface area contributed by atoms with Gasteiger partial charge in [0.2, 0.25) is 0 Å². The third-order valence-corrected chi connectivity index (χ3v) is 21.4. The van der Waals surface area contributed by atoms with E-state index in [2.05, 4.69) is 328 Å². The fourth-order valence-corrected chi connectivity index (χ4v) is 16.1. The van der Waals surface area contributed by atoms with Crippen LogP contribution in [0.2, 0.25) is 0 Å². The molecule has 0 nitrogen and oxygen atoms in total. The molecule has 121 heavy (non-hydrogen) atoms. The second kappa shape index (κ2) is 45.2. The number of benzene rings is 9. The molecule has 0 aliphatic heterocycles. The zero-order chi connectivity index (χ0) is 105. The van der Waals surface area contributed by atoms with Crippen molar-refractivity contribution in [3.05, 3.63) is 304 Å². The maximum absolute atomic E-state index is 8.50. The third-order valence-electron chi connectivity index (χ3n) is 21.4. The first-order valence-electron chi connectivity index (χ1n) is 51.6. The van der Waals surface area contributed by atoms with Gasteiger partial charge >= 0.3 is 0 Å². The molecule has 9 aromatic rings. The van der Waals surface area contributed by atoms with Crippen LogP contribution in [0.1, 0.15) is 450 Å². The summed E-state index contributed by atoms with van der Waals surface area (Å²) in [4.78, 5) is 0. The van der Waals surface area contributed by atoms with Crippen LogP contribution in [0.25, 0.3) is 11.1 Å². The highest BCUT2D eigenvalue weighted by atomic mass is 14.4. The van der Waals surface area contributed by atoms with Gasteiger partial charge in [0.25, 0.3) is 0 Å². The third kappa shape index (κ3) is 35.9. The topological polar surface area (TPSA) is 0 Å². The minimum Gasteiger partial charge on any atom is -0.0625 e. The molecule has 0 aliphatic rings. The van der Waals surface area contributed by atoms with Crippen LogP contribution in [0, 0.1) is 46.4 Å². The van der Waals surface area contributed by atoms with Crippen LogP contribution in [0.4, 0.5) is 0 Å². The summed E-state index contributed by atoms with van der Waals surface area (Å²) in [5.74, 6) is -1.41. The van der Waals surface area contributed by atoms with Gasteiger partial charge in [-0.2, -0.15) is 0 Å². The highest BCUT2D eigenvalue weighted by Gasteiger charge is 2.31. The second-order valence-electron chi connectivity index (χ2n) is 46.0. The Morgan fingerprint density at radius 2 is 0.554 bits per heavy atom. The lowest BCUT2D eigenvalue weighted by Crippen LogP contribution is -2.24. The average Bonchev–Trinajstić information content (AvgIpc) is 0.743. The Morgan fingerprint density at radius 3 is 0.860 bits per heavy atom. The van der Waals surface area contributed by atoms with Gasteiger partial charge in [-0.25, -0.2) is 0 Å². The second-order valence-corrected chi connectivity index (χ2v) is 46.0. The van der Waals surface area contributed by atoms with Crippen molar-refractivity contribution in [3.63, 3.8) is 0 Å². The monoisotopic (exact) mass is 1650 g/mol. The predicted molar refractivity (Wildman–Crippen MR) is 550 cm³/mol. The summed E-state index contributed by atoms with van der Waals surface area (Å²) < 4.78 is 105. The average molecular weight is 1650 g/mol. The molecular weight excluding hydrogens is 1450 g/mol. The first-order chi connectivity index (χ1) is 59.5. The van der Waals surface area contributed by atoms with Crippen molar-refractivity contribution in [1.82, 2.24) is 0 Å². The fraction of sp³-hybridized carbons (Fsp3) is 0.554. The summed E-state index contributed by atoms with van der Waals surface area (Å²) in [6.07, 6.45) is -5.90. The van der Waals surface area contributed by atoms with Gasteiger partial charge in [0, 0.05) is 17.8 Å². The molecular formula is C121H186. The molecule has 0 saturated carbocycles. The minimum absolute atomic E-state index is 0.0570. The number of aryl methyl sites for hydroxylation is 7. The molecule has 0 heterocycles. The van der Waals surface area contributed by atoms with Gasteiger partial charge in [-0.05, 0) is 271 Å². The zero-order valence-corrected chi connectivity index (χ0v) is 86.5. The molecule has 0 N–H and O–H groups in total. The molecule has 0 amide bonds. The predicted octanol–water partition coefficient (Wildman–Crippen LogP) is 36.7. The standard InChI is InChI=1S/2C18H30.C17H28.C16H18.C14H22.2C13H20.C12H18/c1-16(2,3)13-10-14(17(4,5)6)12-15(11-13)18(7,8)9;1-13(2)11-15-9-8-10-16(12-14(3)4)17(15)18(5,6)7;1-12(2)13-10-9-11-14(16(3,4)5)15(13)17(6,7)8;1-16(2,3)15-12-8-7-11-14(15)13-9-5-4-6-10-13;1-6-11-9-8-10-12(7-2)13(11)14(3,4)5;1-9-7-10(2)12(11(3)8-9)13(4,5)6;1-10(2)11-8-6-7-9-12(11)13(3,4)5;1-9-7-6-8-10(2)11(9)12(3,4)5/h10-12H,1-9H3;8-10,13-14H,11-12H2,1-7H3;9-12H,1-8H3;4-12H,1-3H3;8-10H,6-7H2,1-5H3;7-8H,1-6H3;6-10H,1-5H3;6-8H,1-5H3/i;11D2,12D2;12D;;6D2,7D2;1D3;10D;. The lowest BCUT2D eigenvalue weighted by molar-refractivity contribution is 0.521. The smallest absolute Gasteiger partial charge is 0.0347 e. The molecule has 0 saturated heterocycles. The van der Waals surface area contributed by atoms with E-state index in [1.54, 1.807) is 36.4 Å². The maximum atomic E-state index is 8.50. The van der Waals surface area contributed by atoms with Crippen LogP contribution in [0.3, 0.4) is 0 Å². The molecule has 670 valence electrons. The summed E-state index contributed by atoms with van der Waals surface area (Å²) in [6, 6.07) is 61.9. The van der Waals surface area contributed by atoms with E-state index >= 15 is 0 Å². The lowest BCUT2D eigenvalue weighted by Gasteiger charge is -2.33. The van der Waals surface area contributed by atoms with E-state index in [-0.39, 0.29) is 71.4 Å². The number of hydrogen-bond donors (Lipinski definition) is 0. The summed E-state index contributed by atoms with van der Waals surface area (Å²) in [5.41, 5.74) is 27.6. The summed E-state index contributed by atoms with van der Waals surface area (Å²) in [5, 5.41) is 0. The van der Waals surface area contributed by atoms with E-state index in [0.29, 0.717) is 27.8 Å². The molecule has 0 heteroatoms. The van der Waals surface area contributed by atoms with Crippen LogP contribution in [-0.2, 0) is 85.1 Å². The Kier molecular flexibility index (Phi) is 33.2.